The molecule has 0 fully saturated rings. The predicted molar refractivity (Wildman–Crippen MR) is 105 cm³/mol. The number of hydrogen-bond acceptors (Lipinski definition) is 4. The number of thioether (sulfide) groups is 1. The fourth-order valence-electron chi connectivity index (χ4n) is 3.45. The SMILES string of the molecule is CSc1ccc(C2=CN3NCC(=O)N=C3c3cc4ccccc4n32)cc1. The van der Waals surface area contributed by atoms with E-state index in [9.17, 15) is 4.79 Å². The first-order chi connectivity index (χ1) is 12.7. The summed E-state index contributed by atoms with van der Waals surface area (Å²) in [5, 5.41) is 2.98. The van der Waals surface area contributed by atoms with Crippen molar-refractivity contribution in [3.63, 3.8) is 0 Å². The van der Waals surface area contributed by atoms with Crippen molar-refractivity contribution in [3.8, 4) is 0 Å². The van der Waals surface area contributed by atoms with E-state index in [1.807, 2.05) is 23.3 Å². The highest BCUT2D eigenvalue weighted by molar-refractivity contribution is 7.98. The Morgan fingerprint density at radius 2 is 1.92 bits per heavy atom. The van der Waals surface area contributed by atoms with Gasteiger partial charge in [0.05, 0.1) is 23.5 Å². The van der Waals surface area contributed by atoms with E-state index in [1.54, 1.807) is 11.8 Å². The van der Waals surface area contributed by atoms with Crippen molar-refractivity contribution in [1.82, 2.24) is 15.0 Å². The van der Waals surface area contributed by atoms with Crippen LogP contribution in [-0.4, -0.2) is 34.1 Å². The lowest BCUT2D eigenvalue weighted by Gasteiger charge is -2.32. The maximum atomic E-state index is 11.9. The van der Waals surface area contributed by atoms with Gasteiger partial charge >= 0.3 is 0 Å². The van der Waals surface area contributed by atoms with Gasteiger partial charge in [-0.15, -0.1) is 11.8 Å². The van der Waals surface area contributed by atoms with E-state index in [0.717, 1.165) is 27.9 Å². The molecule has 0 bridgehead atoms. The number of hydrazine groups is 1. The fourth-order valence-corrected chi connectivity index (χ4v) is 3.86. The number of nitrogens with one attached hydrogen (secondary N) is 1. The third kappa shape index (κ3) is 2.30. The number of amides is 1. The number of fused-ring (bicyclic) bond motifs is 5. The lowest BCUT2D eigenvalue weighted by Crippen LogP contribution is -2.48. The van der Waals surface area contributed by atoms with Crippen LogP contribution in [0, 0.1) is 0 Å². The molecule has 2 aliphatic heterocycles. The average molecular weight is 360 g/mol. The van der Waals surface area contributed by atoms with Crippen molar-refractivity contribution in [2.24, 2.45) is 4.99 Å². The number of carbonyl (C=O) groups excluding carboxylic acids is 1. The molecule has 0 saturated carbocycles. The van der Waals surface area contributed by atoms with Gasteiger partial charge in [-0.25, -0.2) is 5.43 Å². The summed E-state index contributed by atoms with van der Waals surface area (Å²) in [6, 6.07) is 18.8. The maximum Gasteiger partial charge on any atom is 0.263 e. The number of nitrogens with zero attached hydrogens (tertiary/aromatic N) is 3. The molecule has 0 unspecified atom stereocenters. The van der Waals surface area contributed by atoms with Crippen LogP contribution in [0.3, 0.4) is 0 Å². The second-order valence-corrected chi connectivity index (χ2v) is 7.08. The maximum absolute atomic E-state index is 11.9. The molecule has 6 heteroatoms. The molecule has 2 aromatic carbocycles. The van der Waals surface area contributed by atoms with Gasteiger partial charge in [0.15, 0.2) is 5.84 Å². The zero-order chi connectivity index (χ0) is 17.7. The number of benzene rings is 2. The summed E-state index contributed by atoms with van der Waals surface area (Å²) in [5.41, 5.74) is 7.32. The van der Waals surface area contributed by atoms with Crippen molar-refractivity contribution >= 4 is 40.1 Å². The Morgan fingerprint density at radius 1 is 1.12 bits per heavy atom. The number of hydrogen-bond donors (Lipinski definition) is 1. The van der Waals surface area contributed by atoms with Crippen LogP contribution in [0.5, 0.6) is 0 Å². The molecule has 5 nitrogen and oxygen atoms in total. The molecule has 1 aromatic heterocycles. The number of aromatic nitrogens is 1. The van der Waals surface area contributed by atoms with Crippen LogP contribution in [0.2, 0.25) is 0 Å². The molecule has 1 N–H and O–H groups in total. The van der Waals surface area contributed by atoms with Gasteiger partial charge in [-0.2, -0.15) is 4.99 Å². The minimum Gasteiger partial charge on any atom is -0.304 e. The molecule has 128 valence electrons. The minimum absolute atomic E-state index is 0.158. The molecule has 5 rings (SSSR count). The number of rotatable bonds is 2. The highest BCUT2D eigenvalue weighted by Crippen LogP contribution is 2.33. The standard InChI is InChI=1S/C20H16N4OS/c1-26-15-8-6-13(7-9-15)18-12-23-20(22-19(25)11-21-23)17-10-14-4-2-3-5-16(14)24(17)18/h2-10,12,21H,11H2,1H3. The van der Waals surface area contributed by atoms with Crippen LogP contribution in [0.15, 0.2) is 70.7 Å². The van der Waals surface area contributed by atoms with Crippen LogP contribution >= 0.6 is 11.8 Å². The Kier molecular flexibility index (Phi) is 3.48. The Hall–Kier alpha value is -2.83. The Labute approximate surface area is 155 Å². The normalized spacial score (nSPS) is 16.2. The van der Waals surface area contributed by atoms with Crippen molar-refractivity contribution in [2.75, 3.05) is 12.8 Å². The van der Waals surface area contributed by atoms with Crippen LogP contribution in [-0.2, 0) is 4.79 Å². The van der Waals surface area contributed by atoms with E-state index >= 15 is 0 Å². The van der Waals surface area contributed by atoms with Crippen LogP contribution in [0.4, 0.5) is 0 Å². The van der Waals surface area contributed by atoms with Crippen LogP contribution in [0.25, 0.3) is 16.6 Å². The summed E-state index contributed by atoms with van der Waals surface area (Å²) in [6.07, 6.45) is 4.09. The fraction of sp³-hybridized carbons (Fsp3) is 0.100. The summed E-state index contributed by atoms with van der Waals surface area (Å²) < 4.78 is 2.18. The predicted octanol–water partition coefficient (Wildman–Crippen LogP) is 3.32. The minimum atomic E-state index is -0.158. The Bertz CT molecular complexity index is 1090. The first-order valence-electron chi connectivity index (χ1n) is 8.36. The molecule has 0 saturated heterocycles. The van der Waals surface area contributed by atoms with Crippen molar-refractivity contribution in [3.05, 3.63) is 72.1 Å². The van der Waals surface area contributed by atoms with E-state index in [1.165, 1.54) is 4.90 Å². The van der Waals surface area contributed by atoms with Gasteiger partial charge in [0.25, 0.3) is 5.91 Å². The van der Waals surface area contributed by atoms with E-state index in [4.69, 9.17) is 0 Å². The molecule has 3 heterocycles. The highest BCUT2D eigenvalue weighted by Gasteiger charge is 2.29. The molecular formula is C20H16N4OS. The van der Waals surface area contributed by atoms with Crippen molar-refractivity contribution in [1.29, 1.82) is 0 Å². The van der Waals surface area contributed by atoms with Gasteiger partial charge in [-0.3, -0.25) is 9.80 Å². The number of para-hydroxylation sites is 1. The first kappa shape index (κ1) is 15.4. The van der Waals surface area contributed by atoms with Crippen molar-refractivity contribution < 1.29 is 4.79 Å². The molecule has 1 amide bonds. The topological polar surface area (TPSA) is 49.6 Å². The number of aliphatic imine (C=N–C) groups is 1. The van der Waals surface area contributed by atoms with Crippen LogP contribution in [0.1, 0.15) is 11.3 Å². The van der Waals surface area contributed by atoms with Crippen LogP contribution < -0.4 is 5.43 Å². The van der Waals surface area contributed by atoms with Gasteiger partial charge in [0.1, 0.15) is 0 Å². The Morgan fingerprint density at radius 3 is 2.73 bits per heavy atom. The third-order valence-corrected chi connectivity index (χ3v) is 5.42. The summed E-state index contributed by atoms with van der Waals surface area (Å²) in [6.45, 7) is 0.207. The first-order valence-corrected chi connectivity index (χ1v) is 9.59. The molecular weight excluding hydrogens is 344 g/mol. The largest absolute Gasteiger partial charge is 0.304 e. The monoisotopic (exact) mass is 360 g/mol. The summed E-state index contributed by atoms with van der Waals surface area (Å²) in [7, 11) is 0. The molecule has 2 aliphatic rings. The van der Waals surface area contributed by atoms with Gasteiger partial charge in [-0.1, -0.05) is 30.3 Å². The van der Waals surface area contributed by atoms with E-state index in [-0.39, 0.29) is 12.5 Å². The molecule has 0 atom stereocenters. The average Bonchev–Trinajstić information content (AvgIpc) is 3.08. The molecule has 26 heavy (non-hydrogen) atoms. The zero-order valence-corrected chi connectivity index (χ0v) is 15.0. The molecule has 0 radical (unpaired) electrons. The summed E-state index contributed by atoms with van der Waals surface area (Å²) in [4.78, 5) is 17.4. The Balaban J connectivity index is 1.78. The smallest absolute Gasteiger partial charge is 0.263 e. The van der Waals surface area contributed by atoms with E-state index in [0.29, 0.717) is 5.84 Å². The highest BCUT2D eigenvalue weighted by atomic mass is 32.2. The number of amidine groups is 1. The lowest BCUT2D eigenvalue weighted by atomic mass is 10.1. The molecule has 0 spiro atoms. The second-order valence-electron chi connectivity index (χ2n) is 6.20. The van der Waals surface area contributed by atoms with E-state index in [2.05, 4.69) is 63.7 Å². The van der Waals surface area contributed by atoms with Gasteiger partial charge in [-0.05, 0) is 30.5 Å². The summed E-state index contributed by atoms with van der Waals surface area (Å²) in [5.74, 6) is 0.483. The molecule has 0 aliphatic carbocycles. The quantitative estimate of drug-likeness (QED) is 0.713. The van der Waals surface area contributed by atoms with Crippen molar-refractivity contribution in [2.45, 2.75) is 4.90 Å². The second kappa shape index (κ2) is 5.86. The molecule has 3 aromatic rings. The van der Waals surface area contributed by atoms with Gasteiger partial charge < -0.3 is 4.57 Å². The summed E-state index contributed by atoms with van der Waals surface area (Å²) >= 11 is 1.73. The van der Waals surface area contributed by atoms with Gasteiger partial charge in [0.2, 0.25) is 0 Å². The lowest BCUT2D eigenvalue weighted by molar-refractivity contribution is -0.118. The van der Waals surface area contributed by atoms with E-state index < -0.39 is 0 Å². The third-order valence-electron chi connectivity index (χ3n) is 4.68. The zero-order valence-electron chi connectivity index (χ0n) is 14.1. The van der Waals surface area contributed by atoms with Gasteiger partial charge in [0, 0.05) is 22.0 Å². The number of carbonyl (C=O) groups is 1.